The van der Waals surface area contributed by atoms with Gasteiger partial charge in [-0.05, 0) is 111 Å². The van der Waals surface area contributed by atoms with Gasteiger partial charge in [-0.2, -0.15) is 0 Å². The largest absolute Gasteiger partial charge is 0.481 e. The average Bonchev–Trinajstić information content (AvgIpc) is 3.54. The smallest absolute Gasteiger partial charge is 0.317 e. The van der Waals surface area contributed by atoms with Gasteiger partial charge in [-0.15, -0.1) is 0 Å². The van der Waals surface area contributed by atoms with Crippen LogP contribution >= 0.6 is 0 Å². The van der Waals surface area contributed by atoms with E-state index in [1.165, 1.54) is 9.80 Å². The van der Waals surface area contributed by atoms with Gasteiger partial charge in [0, 0.05) is 51.6 Å². The third-order valence-electron chi connectivity index (χ3n) is 15.4. The van der Waals surface area contributed by atoms with E-state index in [0.717, 1.165) is 37.0 Å². The third-order valence-corrected chi connectivity index (χ3v) is 15.4. The van der Waals surface area contributed by atoms with Crippen molar-refractivity contribution < 1.29 is 69.3 Å². The highest BCUT2D eigenvalue weighted by atomic mass is 16.4. The van der Waals surface area contributed by atoms with Crippen molar-refractivity contribution in [2.45, 2.75) is 122 Å². The first-order valence-corrected chi connectivity index (χ1v) is 22.8. The summed E-state index contributed by atoms with van der Waals surface area (Å²) in [6.45, 7) is 4.56. The maximum absolute atomic E-state index is 13.1. The summed E-state index contributed by atoms with van der Waals surface area (Å²) in [5.41, 5.74) is -0.418. The molecule has 0 aliphatic heterocycles. The van der Waals surface area contributed by atoms with Gasteiger partial charge in [0.25, 0.3) is 0 Å². The van der Waals surface area contributed by atoms with Gasteiger partial charge in [-0.25, -0.2) is 0 Å². The van der Waals surface area contributed by atoms with Crippen molar-refractivity contribution in [2.24, 2.45) is 46.3 Å². The Hall–Kier alpha value is -3.91. The zero-order chi connectivity index (χ0) is 46.6. The molecule has 11 atom stereocenters. The molecular formula is C44H73N5O14. The van der Waals surface area contributed by atoms with Crippen molar-refractivity contribution in [1.29, 1.82) is 0 Å². The summed E-state index contributed by atoms with van der Waals surface area (Å²) >= 11 is 0. The number of hydrogen-bond acceptors (Lipinski definition) is 12. The van der Waals surface area contributed by atoms with E-state index in [0.29, 0.717) is 51.5 Å². The van der Waals surface area contributed by atoms with Gasteiger partial charge < -0.3 is 46.4 Å². The van der Waals surface area contributed by atoms with Crippen LogP contribution in [0.3, 0.4) is 0 Å². The van der Waals surface area contributed by atoms with Gasteiger partial charge in [-0.3, -0.25) is 48.3 Å². The van der Waals surface area contributed by atoms with Crippen molar-refractivity contribution in [3.63, 3.8) is 0 Å². The fraction of sp³-hybridized carbons (Fsp3) is 0.841. The lowest BCUT2D eigenvalue weighted by Gasteiger charge is -2.63. The number of amides is 2. The van der Waals surface area contributed by atoms with Crippen molar-refractivity contribution >= 4 is 41.7 Å². The Morgan fingerprint density at radius 1 is 0.635 bits per heavy atom. The molecule has 358 valence electrons. The molecule has 0 saturated heterocycles. The second kappa shape index (κ2) is 23.3. The zero-order valence-corrected chi connectivity index (χ0v) is 37.3. The molecule has 0 heterocycles. The van der Waals surface area contributed by atoms with Crippen molar-refractivity contribution in [1.82, 2.24) is 25.3 Å². The molecule has 4 rings (SSSR count). The minimum atomic E-state index is -1.24. The summed E-state index contributed by atoms with van der Waals surface area (Å²) in [6, 6.07) is -0.00291. The maximum Gasteiger partial charge on any atom is 0.317 e. The fourth-order valence-electron chi connectivity index (χ4n) is 12.2. The van der Waals surface area contributed by atoms with Gasteiger partial charge in [0.2, 0.25) is 11.8 Å². The predicted molar refractivity (Wildman–Crippen MR) is 227 cm³/mol. The Morgan fingerprint density at radius 3 is 1.79 bits per heavy atom. The highest BCUT2D eigenvalue weighted by Crippen LogP contribution is 2.68. The highest BCUT2D eigenvalue weighted by molar-refractivity contribution is 5.79. The second-order valence-corrected chi connectivity index (χ2v) is 19.5. The second-order valence-electron chi connectivity index (χ2n) is 19.5. The number of carbonyl (C=O) groups excluding carboxylic acids is 2. The first-order chi connectivity index (χ1) is 29.6. The molecule has 4 aliphatic rings. The minimum absolute atomic E-state index is 0.00291. The van der Waals surface area contributed by atoms with Crippen molar-refractivity contribution in [2.75, 3.05) is 65.4 Å². The third kappa shape index (κ3) is 14.3. The van der Waals surface area contributed by atoms with Gasteiger partial charge in [0.15, 0.2) is 0 Å². The van der Waals surface area contributed by atoms with Crippen LogP contribution in [0, 0.1) is 46.3 Å². The first-order valence-electron chi connectivity index (χ1n) is 22.8. The molecule has 4 unspecified atom stereocenters. The SMILES string of the molecule is CC(CCC(=O)O)[C@H]1CCC2C3C(C[C@H](O)[C@@]21C)[C@@]1(C)CC[C@H](NC(=O)CCCCCNC(=O)CN(CCN(CCN(CC(=O)O)CC(=O)O)CC(=O)O)CC(=O)O)C[C@H]1C[C@H]3O. The number of aliphatic hydroxyl groups is 2. The van der Waals surface area contributed by atoms with Gasteiger partial charge in [-0.1, -0.05) is 27.2 Å². The van der Waals surface area contributed by atoms with Gasteiger partial charge >= 0.3 is 29.8 Å². The topological polar surface area (TPSA) is 295 Å². The van der Waals surface area contributed by atoms with E-state index in [1.54, 1.807) is 0 Å². The summed E-state index contributed by atoms with van der Waals surface area (Å²) in [4.78, 5) is 86.3. The number of aliphatic hydroxyl groups excluding tert-OH is 2. The average molecular weight is 896 g/mol. The van der Waals surface area contributed by atoms with Gasteiger partial charge in [0.05, 0.1) is 44.9 Å². The number of carboxylic acid groups (broad SMARTS) is 5. The number of rotatable bonds is 27. The molecule has 0 bridgehead atoms. The summed E-state index contributed by atoms with van der Waals surface area (Å²) < 4.78 is 0. The van der Waals surface area contributed by atoms with E-state index < -0.39 is 74.1 Å². The van der Waals surface area contributed by atoms with Crippen LogP contribution in [0.2, 0.25) is 0 Å². The van der Waals surface area contributed by atoms with E-state index in [2.05, 4.69) is 31.4 Å². The number of carbonyl (C=O) groups is 7. The van der Waals surface area contributed by atoms with Crippen LogP contribution in [0.4, 0.5) is 0 Å². The first kappa shape index (κ1) is 51.7. The summed E-state index contributed by atoms with van der Waals surface area (Å²) in [5.74, 6) is -5.10. The Bertz CT molecular complexity index is 1600. The molecule has 0 aromatic carbocycles. The normalized spacial score (nSPS) is 30.5. The summed E-state index contributed by atoms with van der Waals surface area (Å²) in [7, 11) is 0. The molecule has 19 nitrogen and oxygen atoms in total. The van der Waals surface area contributed by atoms with Crippen LogP contribution in [-0.4, -0.2) is 176 Å². The standard InChI is InChI=1S/C44H73N5O14/c1-27(8-11-37(54)55)30-9-10-31-42-32(21-34(51)44(30,31)3)43(2)13-12-29(19-28(43)20-33(42)50)46-35(52)7-5-4-6-14-45-36(53)22-48(24-39(58)59)17-15-47(23-38(56)57)16-18-49(25-40(60)61)26-41(62)63/h27-34,42,50-51H,4-26H2,1-3H3,(H,45,53)(H,46,52)(H,54,55)(H,56,57)(H,58,59)(H,60,61)(H,62,63)/t27?,28-,29-,30+,31?,32?,33+,34-,42?,43-,44+/m0/s1. The van der Waals surface area contributed by atoms with Crippen LogP contribution < -0.4 is 10.6 Å². The minimum Gasteiger partial charge on any atom is -0.481 e. The Morgan fingerprint density at radius 2 is 1.21 bits per heavy atom. The van der Waals surface area contributed by atoms with E-state index in [1.807, 2.05) is 0 Å². The molecule has 0 radical (unpaired) electrons. The number of unbranched alkanes of at least 4 members (excludes halogenated alkanes) is 2. The fourth-order valence-corrected chi connectivity index (χ4v) is 12.2. The predicted octanol–water partition coefficient (Wildman–Crippen LogP) is 1.49. The van der Waals surface area contributed by atoms with E-state index >= 15 is 0 Å². The Labute approximate surface area is 369 Å². The van der Waals surface area contributed by atoms with Crippen LogP contribution in [0.5, 0.6) is 0 Å². The molecule has 9 N–H and O–H groups in total. The van der Waals surface area contributed by atoms with E-state index in [4.69, 9.17) is 10.2 Å². The zero-order valence-electron chi connectivity index (χ0n) is 37.3. The Balaban J connectivity index is 1.17. The van der Waals surface area contributed by atoms with Crippen LogP contribution in [0.1, 0.15) is 104 Å². The van der Waals surface area contributed by atoms with E-state index in [9.17, 15) is 59.1 Å². The molecule has 4 aliphatic carbocycles. The lowest BCUT2D eigenvalue weighted by atomic mass is 9.43. The van der Waals surface area contributed by atoms with Crippen molar-refractivity contribution in [3.8, 4) is 0 Å². The molecule has 0 spiro atoms. The molecule has 19 heteroatoms. The number of nitrogens with one attached hydrogen (secondary N) is 2. The number of fused-ring (bicyclic) bond motifs is 5. The molecule has 2 amide bonds. The van der Waals surface area contributed by atoms with E-state index in [-0.39, 0.29) is 97.4 Å². The Kier molecular flexibility index (Phi) is 19.2. The summed E-state index contributed by atoms with van der Waals surface area (Å²) in [5, 5.41) is 75.8. The number of carboxylic acids is 5. The number of hydrogen-bond donors (Lipinski definition) is 9. The maximum atomic E-state index is 13.1. The quantitative estimate of drug-likeness (QED) is 0.0528. The van der Waals surface area contributed by atoms with Crippen LogP contribution in [0.15, 0.2) is 0 Å². The molecule has 4 saturated carbocycles. The van der Waals surface area contributed by atoms with Crippen molar-refractivity contribution in [3.05, 3.63) is 0 Å². The highest BCUT2D eigenvalue weighted by Gasteiger charge is 2.65. The number of nitrogens with zero attached hydrogens (tertiary/aromatic N) is 3. The number of aliphatic carboxylic acids is 5. The molecular weight excluding hydrogens is 823 g/mol. The molecule has 4 fully saturated rings. The molecule has 0 aromatic heterocycles. The summed E-state index contributed by atoms with van der Waals surface area (Å²) in [6.07, 6.45) is 7.54. The van der Waals surface area contributed by atoms with Crippen LogP contribution in [0.25, 0.3) is 0 Å². The molecule has 63 heavy (non-hydrogen) atoms. The van der Waals surface area contributed by atoms with Crippen LogP contribution in [-0.2, 0) is 33.6 Å². The molecule has 0 aromatic rings. The lowest BCUT2D eigenvalue weighted by molar-refractivity contribution is -0.202. The van der Waals surface area contributed by atoms with Gasteiger partial charge in [0.1, 0.15) is 0 Å². The lowest BCUT2D eigenvalue weighted by Crippen LogP contribution is -2.63. The monoisotopic (exact) mass is 896 g/mol.